The number of rotatable bonds is 10. The Balaban J connectivity index is 1.53. The lowest BCUT2D eigenvalue weighted by molar-refractivity contribution is -0.130. The number of nitrogens with one attached hydrogen (secondary N) is 1. The predicted octanol–water partition coefficient (Wildman–Crippen LogP) is 5.15. The SMILES string of the molecule is CCCOc1ccc(NC(=O)C2CCN(C(=O)C=Cc3ccccc3)CC2)cc1OCCC. The van der Waals surface area contributed by atoms with Crippen LogP contribution in [0.25, 0.3) is 6.08 Å². The molecule has 2 amide bonds. The van der Waals surface area contributed by atoms with Gasteiger partial charge in [-0.25, -0.2) is 0 Å². The van der Waals surface area contributed by atoms with Gasteiger partial charge in [-0.3, -0.25) is 9.59 Å². The van der Waals surface area contributed by atoms with Crippen LogP contribution in [0.3, 0.4) is 0 Å². The molecule has 6 nitrogen and oxygen atoms in total. The van der Waals surface area contributed by atoms with Crippen molar-refractivity contribution in [2.75, 3.05) is 31.6 Å². The van der Waals surface area contributed by atoms with E-state index >= 15 is 0 Å². The van der Waals surface area contributed by atoms with E-state index in [1.807, 2.05) is 61.5 Å². The van der Waals surface area contributed by atoms with Crippen molar-refractivity contribution in [2.24, 2.45) is 5.92 Å². The Bertz CT molecular complexity index is 934. The molecule has 0 atom stereocenters. The fraction of sp³-hybridized carbons (Fsp3) is 0.407. The number of amides is 2. The lowest BCUT2D eigenvalue weighted by Gasteiger charge is -2.30. The van der Waals surface area contributed by atoms with E-state index < -0.39 is 0 Å². The topological polar surface area (TPSA) is 67.9 Å². The molecule has 3 rings (SSSR count). The molecule has 1 aliphatic heterocycles. The monoisotopic (exact) mass is 450 g/mol. The molecule has 0 unspecified atom stereocenters. The van der Waals surface area contributed by atoms with Gasteiger partial charge in [-0.2, -0.15) is 0 Å². The molecule has 2 aromatic rings. The van der Waals surface area contributed by atoms with Crippen molar-refractivity contribution in [1.29, 1.82) is 0 Å². The highest BCUT2D eigenvalue weighted by molar-refractivity contribution is 5.94. The highest BCUT2D eigenvalue weighted by Gasteiger charge is 2.26. The molecule has 0 bridgehead atoms. The Morgan fingerprint density at radius 1 is 0.970 bits per heavy atom. The maximum atomic E-state index is 12.8. The number of carbonyl (C=O) groups is 2. The predicted molar refractivity (Wildman–Crippen MR) is 131 cm³/mol. The van der Waals surface area contributed by atoms with E-state index in [2.05, 4.69) is 12.2 Å². The number of benzene rings is 2. The van der Waals surface area contributed by atoms with Crippen LogP contribution in [0.15, 0.2) is 54.6 Å². The Morgan fingerprint density at radius 2 is 1.64 bits per heavy atom. The number of hydrogen-bond acceptors (Lipinski definition) is 4. The molecule has 0 saturated carbocycles. The Hall–Kier alpha value is -3.28. The van der Waals surface area contributed by atoms with Gasteiger partial charge in [0.25, 0.3) is 0 Å². The molecule has 0 aromatic heterocycles. The van der Waals surface area contributed by atoms with E-state index in [-0.39, 0.29) is 17.7 Å². The first-order valence-electron chi connectivity index (χ1n) is 11.8. The Morgan fingerprint density at radius 3 is 2.30 bits per heavy atom. The van der Waals surface area contributed by atoms with Gasteiger partial charge in [-0.05, 0) is 49.5 Å². The molecule has 6 heteroatoms. The van der Waals surface area contributed by atoms with E-state index in [4.69, 9.17) is 9.47 Å². The van der Waals surface area contributed by atoms with E-state index in [0.717, 1.165) is 18.4 Å². The fourth-order valence-electron chi connectivity index (χ4n) is 3.69. The quantitative estimate of drug-likeness (QED) is 0.508. The second-order valence-electron chi connectivity index (χ2n) is 8.19. The lowest BCUT2D eigenvalue weighted by Crippen LogP contribution is -2.40. The normalized spacial score (nSPS) is 14.3. The minimum atomic E-state index is -0.122. The van der Waals surface area contributed by atoms with Gasteiger partial charge in [0, 0.05) is 36.8 Å². The number of likely N-dealkylation sites (tertiary alicyclic amines) is 1. The molecule has 0 spiro atoms. The summed E-state index contributed by atoms with van der Waals surface area (Å²) in [6.45, 7) is 6.46. The van der Waals surface area contributed by atoms with Gasteiger partial charge in [0.1, 0.15) is 0 Å². The van der Waals surface area contributed by atoms with Crippen LogP contribution in [-0.2, 0) is 9.59 Å². The smallest absolute Gasteiger partial charge is 0.246 e. The van der Waals surface area contributed by atoms with Crippen LogP contribution >= 0.6 is 0 Å². The summed E-state index contributed by atoms with van der Waals surface area (Å²) in [5.41, 5.74) is 1.69. The average Bonchev–Trinajstić information content (AvgIpc) is 2.86. The number of anilines is 1. The molecule has 1 aliphatic rings. The van der Waals surface area contributed by atoms with Crippen LogP contribution < -0.4 is 14.8 Å². The van der Waals surface area contributed by atoms with Crippen molar-refractivity contribution in [3.05, 3.63) is 60.2 Å². The second kappa shape index (κ2) is 12.7. The standard InChI is InChI=1S/C27H34N2O4/c1-3-18-32-24-12-11-23(20-25(24)33-19-4-2)28-27(31)22-14-16-29(17-15-22)26(30)13-10-21-8-6-5-7-9-21/h5-13,20,22H,3-4,14-19H2,1-2H3,(H,28,31). The zero-order chi connectivity index (χ0) is 23.5. The number of piperidine rings is 1. The molecule has 2 aromatic carbocycles. The fourth-order valence-corrected chi connectivity index (χ4v) is 3.69. The summed E-state index contributed by atoms with van der Waals surface area (Å²) in [5, 5.41) is 3.01. The van der Waals surface area contributed by atoms with Gasteiger partial charge in [-0.15, -0.1) is 0 Å². The number of hydrogen-bond donors (Lipinski definition) is 1. The molecular formula is C27H34N2O4. The molecule has 1 saturated heterocycles. The van der Waals surface area contributed by atoms with Crippen molar-refractivity contribution in [2.45, 2.75) is 39.5 Å². The first kappa shape index (κ1) is 24.4. The first-order valence-corrected chi connectivity index (χ1v) is 11.8. The summed E-state index contributed by atoms with van der Waals surface area (Å²) in [6, 6.07) is 15.3. The van der Waals surface area contributed by atoms with Gasteiger partial charge in [0.15, 0.2) is 11.5 Å². The van der Waals surface area contributed by atoms with Crippen molar-refractivity contribution in [3.8, 4) is 11.5 Å². The number of ether oxygens (including phenoxy) is 2. The summed E-state index contributed by atoms with van der Waals surface area (Å²) in [7, 11) is 0. The second-order valence-corrected chi connectivity index (χ2v) is 8.19. The number of nitrogens with zero attached hydrogens (tertiary/aromatic N) is 1. The zero-order valence-corrected chi connectivity index (χ0v) is 19.6. The van der Waals surface area contributed by atoms with Crippen LogP contribution in [0.4, 0.5) is 5.69 Å². The first-order chi connectivity index (χ1) is 16.1. The highest BCUT2D eigenvalue weighted by atomic mass is 16.5. The van der Waals surface area contributed by atoms with Gasteiger partial charge in [0.2, 0.25) is 11.8 Å². The van der Waals surface area contributed by atoms with Crippen molar-refractivity contribution >= 4 is 23.6 Å². The molecule has 1 heterocycles. The summed E-state index contributed by atoms with van der Waals surface area (Å²) in [6.07, 6.45) is 6.53. The molecule has 0 radical (unpaired) electrons. The van der Waals surface area contributed by atoms with Crippen LogP contribution in [-0.4, -0.2) is 43.0 Å². The van der Waals surface area contributed by atoms with E-state index in [0.29, 0.717) is 56.3 Å². The average molecular weight is 451 g/mol. The molecule has 33 heavy (non-hydrogen) atoms. The Labute approximate surface area is 196 Å². The summed E-state index contributed by atoms with van der Waals surface area (Å²) in [5.74, 6) is 1.18. The van der Waals surface area contributed by atoms with Gasteiger partial charge in [-0.1, -0.05) is 44.2 Å². The summed E-state index contributed by atoms with van der Waals surface area (Å²) >= 11 is 0. The van der Waals surface area contributed by atoms with E-state index in [1.165, 1.54) is 0 Å². The van der Waals surface area contributed by atoms with Crippen LogP contribution in [0.1, 0.15) is 45.1 Å². The van der Waals surface area contributed by atoms with Crippen molar-refractivity contribution in [1.82, 2.24) is 4.90 Å². The van der Waals surface area contributed by atoms with Crippen LogP contribution in [0.2, 0.25) is 0 Å². The molecule has 1 N–H and O–H groups in total. The third kappa shape index (κ3) is 7.38. The van der Waals surface area contributed by atoms with Gasteiger partial charge in [0.05, 0.1) is 13.2 Å². The number of carbonyl (C=O) groups excluding carboxylic acids is 2. The summed E-state index contributed by atoms with van der Waals surface area (Å²) in [4.78, 5) is 27.1. The molecule has 1 fully saturated rings. The maximum absolute atomic E-state index is 12.8. The van der Waals surface area contributed by atoms with Gasteiger partial charge >= 0.3 is 0 Å². The molecular weight excluding hydrogens is 416 g/mol. The lowest BCUT2D eigenvalue weighted by atomic mass is 9.95. The Kier molecular flexibility index (Phi) is 9.36. The van der Waals surface area contributed by atoms with Gasteiger partial charge < -0.3 is 19.7 Å². The van der Waals surface area contributed by atoms with Crippen LogP contribution in [0, 0.1) is 5.92 Å². The van der Waals surface area contributed by atoms with Crippen molar-refractivity contribution < 1.29 is 19.1 Å². The van der Waals surface area contributed by atoms with Crippen molar-refractivity contribution in [3.63, 3.8) is 0 Å². The summed E-state index contributed by atoms with van der Waals surface area (Å²) < 4.78 is 11.6. The largest absolute Gasteiger partial charge is 0.490 e. The maximum Gasteiger partial charge on any atom is 0.246 e. The third-order valence-corrected chi connectivity index (χ3v) is 5.53. The minimum Gasteiger partial charge on any atom is -0.490 e. The minimum absolute atomic E-state index is 0.0157. The van der Waals surface area contributed by atoms with E-state index in [1.54, 1.807) is 11.0 Å². The third-order valence-electron chi connectivity index (χ3n) is 5.53. The molecule has 0 aliphatic carbocycles. The zero-order valence-electron chi connectivity index (χ0n) is 19.6. The van der Waals surface area contributed by atoms with Crippen LogP contribution in [0.5, 0.6) is 11.5 Å². The highest BCUT2D eigenvalue weighted by Crippen LogP contribution is 2.31. The molecule has 176 valence electrons. The van der Waals surface area contributed by atoms with E-state index in [9.17, 15) is 9.59 Å².